The molecule has 1 unspecified atom stereocenters. The van der Waals surface area contributed by atoms with Crippen LogP contribution < -0.4 is 0 Å². The summed E-state index contributed by atoms with van der Waals surface area (Å²) in [5.41, 5.74) is 1.47. The van der Waals surface area contributed by atoms with E-state index in [1.54, 1.807) is 0 Å². The van der Waals surface area contributed by atoms with Crippen molar-refractivity contribution in [1.29, 1.82) is 0 Å². The SMILES string of the molecule is CCCCCCCCCCCCCCCCCCCCCCC(c1ccccc1)N(C)C.Cl. The molecular weight excluding hydrogens is 422 g/mol. The molecule has 0 bridgehead atoms. The molecule has 0 radical (unpaired) electrons. The number of rotatable bonds is 23. The normalized spacial score (nSPS) is 12.1. The first-order chi connectivity index (χ1) is 15.8. The zero-order chi connectivity index (χ0) is 23.1. The first kappa shape index (κ1) is 32.5. The van der Waals surface area contributed by atoms with Crippen molar-refractivity contribution < 1.29 is 0 Å². The molecule has 33 heavy (non-hydrogen) atoms. The molecular formula is C31H58ClN. The molecule has 0 heterocycles. The fourth-order valence-corrected chi connectivity index (χ4v) is 4.99. The first-order valence-electron chi connectivity index (χ1n) is 14.5. The Labute approximate surface area is 214 Å². The van der Waals surface area contributed by atoms with Crippen LogP contribution in [-0.4, -0.2) is 19.0 Å². The van der Waals surface area contributed by atoms with Crippen LogP contribution >= 0.6 is 12.4 Å². The highest BCUT2D eigenvalue weighted by Crippen LogP contribution is 2.24. The number of unbranched alkanes of at least 4 members (excludes halogenated alkanes) is 19. The third-order valence-electron chi connectivity index (χ3n) is 7.14. The Hall–Kier alpha value is -0.530. The molecule has 1 aromatic rings. The zero-order valence-corrected chi connectivity index (χ0v) is 23.5. The molecule has 1 rings (SSSR count). The van der Waals surface area contributed by atoms with Crippen LogP contribution in [0.5, 0.6) is 0 Å². The molecule has 0 saturated carbocycles. The molecule has 0 spiro atoms. The lowest BCUT2D eigenvalue weighted by atomic mass is 9.98. The standard InChI is InChI=1S/C31H57N.ClH/c1-4-5-6-7-8-9-10-11-12-13-14-15-16-17-18-19-20-21-22-26-29-31(32(2)3)30-27-24-23-25-28-30;/h23-25,27-28,31H,4-22,26,29H2,1-3H3;1H. The average molecular weight is 480 g/mol. The number of halogens is 1. The van der Waals surface area contributed by atoms with Gasteiger partial charge in [0.05, 0.1) is 0 Å². The van der Waals surface area contributed by atoms with E-state index >= 15 is 0 Å². The Bertz CT molecular complexity index is 487. The van der Waals surface area contributed by atoms with E-state index in [1.807, 2.05) is 0 Å². The van der Waals surface area contributed by atoms with Crippen LogP contribution in [0.15, 0.2) is 30.3 Å². The van der Waals surface area contributed by atoms with Crippen molar-refractivity contribution in [3.63, 3.8) is 0 Å². The second kappa shape index (κ2) is 24.6. The summed E-state index contributed by atoms with van der Waals surface area (Å²) in [5, 5.41) is 0. The van der Waals surface area contributed by atoms with Gasteiger partial charge in [-0.15, -0.1) is 12.4 Å². The van der Waals surface area contributed by atoms with Crippen LogP contribution in [0, 0.1) is 0 Å². The van der Waals surface area contributed by atoms with Crippen LogP contribution in [0.3, 0.4) is 0 Å². The van der Waals surface area contributed by atoms with Crippen LogP contribution in [0.25, 0.3) is 0 Å². The molecule has 2 heteroatoms. The molecule has 0 N–H and O–H groups in total. The smallest absolute Gasteiger partial charge is 0.0342 e. The number of hydrogen-bond donors (Lipinski definition) is 0. The van der Waals surface area contributed by atoms with Crippen LogP contribution in [0.4, 0.5) is 0 Å². The summed E-state index contributed by atoms with van der Waals surface area (Å²) >= 11 is 0. The minimum atomic E-state index is 0. The fraction of sp³-hybridized carbons (Fsp3) is 0.806. The van der Waals surface area contributed by atoms with Gasteiger partial charge in [0.2, 0.25) is 0 Å². The summed E-state index contributed by atoms with van der Waals surface area (Å²) in [4.78, 5) is 2.38. The number of benzene rings is 1. The molecule has 1 atom stereocenters. The van der Waals surface area contributed by atoms with Crippen LogP contribution in [0.2, 0.25) is 0 Å². The van der Waals surface area contributed by atoms with Crippen molar-refractivity contribution in [3.8, 4) is 0 Å². The van der Waals surface area contributed by atoms with E-state index < -0.39 is 0 Å². The molecule has 0 aliphatic rings. The monoisotopic (exact) mass is 479 g/mol. The lowest BCUT2D eigenvalue weighted by molar-refractivity contribution is 0.276. The molecule has 194 valence electrons. The van der Waals surface area contributed by atoms with Crippen molar-refractivity contribution in [3.05, 3.63) is 35.9 Å². The lowest BCUT2D eigenvalue weighted by Crippen LogP contribution is -2.19. The first-order valence-corrected chi connectivity index (χ1v) is 14.5. The average Bonchev–Trinajstić information content (AvgIpc) is 2.80. The van der Waals surface area contributed by atoms with Crippen molar-refractivity contribution in [2.45, 2.75) is 148 Å². The van der Waals surface area contributed by atoms with Gasteiger partial charge in [-0.25, -0.2) is 0 Å². The summed E-state index contributed by atoms with van der Waals surface area (Å²) in [6.07, 6.45) is 30.3. The number of hydrogen-bond acceptors (Lipinski definition) is 1. The maximum Gasteiger partial charge on any atom is 0.0342 e. The van der Waals surface area contributed by atoms with Gasteiger partial charge in [-0.05, 0) is 26.1 Å². The van der Waals surface area contributed by atoms with Crippen molar-refractivity contribution in [2.75, 3.05) is 14.1 Å². The van der Waals surface area contributed by atoms with E-state index in [0.717, 1.165) is 0 Å². The highest BCUT2D eigenvalue weighted by atomic mass is 35.5. The summed E-state index contributed by atoms with van der Waals surface area (Å²) in [5.74, 6) is 0. The van der Waals surface area contributed by atoms with E-state index in [4.69, 9.17) is 0 Å². The van der Waals surface area contributed by atoms with Crippen molar-refractivity contribution in [2.24, 2.45) is 0 Å². The van der Waals surface area contributed by atoms with E-state index in [9.17, 15) is 0 Å². The molecule has 0 fully saturated rings. The van der Waals surface area contributed by atoms with Gasteiger partial charge in [-0.1, -0.05) is 166 Å². The van der Waals surface area contributed by atoms with Gasteiger partial charge < -0.3 is 4.90 Å². The molecule has 0 saturated heterocycles. The van der Waals surface area contributed by atoms with Gasteiger partial charge >= 0.3 is 0 Å². The van der Waals surface area contributed by atoms with Gasteiger partial charge in [0.25, 0.3) is 0 Å². The Morgan fingerprint density at radius 3 is 1.18 bits per heavy atom. The molecule has 0 aliphatic heterocycles. The second-order valence-corrected chi connectivity index (χ2v) is 10.4. The van der Waals surface area contributed by atoms with Crippen molar-refractivity contribution in [1.82, 2.24) is 4.90 Å². The van der Waals surface area contributed by atoms with Crippen LogP contribution in [0.1, 0.15) is 153 Å². The zero-order valence-electron chi connectivity index (χ0n) is 22.7. The van der Waals surface area contributed by atoms with E-state index in [1.165, 1.54) is 140 Å². The van der Waals surface area contributed by atoms with Gasteiger partial charge in [-0.2, -0.15) is 0 Å². The van der Waals surface area contributed by atoms with Gasteiger partial charge in [0.1, 0.15) is 0 Å². The fourth-order valence-electron chi connectivity index (χ4n) is 4.99. The molecule has 0 aliphatic carbocycles. The quantitative estimate of drug-likeness (QED) is 0.141. The molecule has 0 aromatic heterocycles. The van der Waals surface area contributed by atoms with Crippen LogP contribution in [-0.2, 0) is 0 Å². The van der Waals surface area contributed by atoms with E-state index in [-0.39, 0.29) is 12.4 Å². The van der Waals surface area contributed by atoms with E-state index in [2.05, 4.69) is 56.3 Å². The third-order valence-corrected chi connectivity index (χ3v) is 7.14. The largest absolute Gasteiger partial charge is 0.302 e. The summed E-state index contributed by atoms with van der Waals surface area (Å²) in [7, 11) is 4.43. The predicted octanol–water partition coefficient (Wildman–Crippen LogP) is 10.9. The summed E-state index contributed by atoms with van der Waals surface area (Å²) in [6.45, 7) is 2.30. The highest BCUT2D eigenvalue weighted by molar-refractivity contribution is 5.85. The Morgan fingerprint density at radius 1 is 0.515 bits per heavy atom. The van der Waals surface area contributed by atoms with Crippen molar-refractivity contribution >= 4 is 12.4 Å². The minimum absolute atomic E-state index is 0. The molecule has 1 aromatic carbocycles. The third kappa shape index (κ3) is 19.5. The Kier molecular flexibility index (Phi) is 24.2. The topological polar surface area (TPSA) is 3.24 Å². The number of nitrogens with zero attached hydrogens (tertiary/aromatic N) is 1. The Morgan fingerprint density at radius 2 is 0.848 bits per heavy atom. The second-order valence-electron chi connectivity index (χ2n) is 10.4. The van der Waals surface area contributed by atoms with Gasteiger partial charge in [0.15, 0.2) is 0 Å². The highest BCUT2D eigenvalue weighted by Gasteiger charge is 2.12. The maximum atomic E-state index is 2.38. The summed E-state index contributed by atoms with van der Waals surface area (Å²) in [6, 6.07) is 11.6. The summed E-state index contributed by atoms with van der Waals surface area (Å²) < 4.78 is 0. The lowest BCUT2D eigenvalue weighted by Gasteiger charge is -2.24. The predicted molar refractivity (Wildman–Crippen MR) is 153 cm³/mol. The molecule has 0 amide bonds. The Balaban J connectivity index is 0.0000102. The maximum absolute atomic E-state index is 2.38. The minimum Gasteiger partial charge on any atom is -0.302 e. The van der Waals surface area contributed by atoms with Gasteiger partial charge in [0, 0.05) is 6.04 Å². The van der Waals surface area contributed by atoms with E-state index in [0.29, 0.717) is 6.04 Å². The van der Waals surface area contributed by atoms with Gasteiger partial charge in [-0.3, -0.25) is 0 Å². The molecule has 1 nitrogen and oxygen atoms in total.